The molecule has 1 aromatic carbocycles. The lowest BCUT2D eigenvalue weighted by Gasteiger charge is -2.20. The maximum Gasteiger partial charge on any atom is 0.224 e. The number of carbonyl (C=O) groups is 1. The van der Waals surface area contributed by atoms with E-state index < -0.39 is 9.84 Å². The first kappa shape index (κ1) is 20.9. The number of aryl methyl sites for hydroxylation is 1. The van der Waals surface area contributed by atoms with Gasteiger partial charge in [0.2, 0.25) is 11.8 Å². The second-order valence-electron chi connectivity index (χ2n) is 7.50. The predicted molar refractivity (Wildman–Crippen MR) is 107 cm³/mol. The van der Waals surface area contributed by atoms with Gasteiger partial charge in [0.1, 0.15) is 5.60 Å². The number of nitrogens with zero attached hydrogens (tertiary/aromatic N) is 1. The first-order valence-corrected chi connectivity index (χ1v) is 10.8. The van der Waals surface area contributed by atoms with E-state index in [2.05, 4.69) is 10.3 Å². The molecule has 0 bridgehead atoms. The van der Waals surface area contributed by atoms with Crippen LogP contribution in [0.4, 0.5) is 5.69 Å². The molecule has 0 fully saturated rings. The molecule has 0 unspecified atom stereocenters. The van der Waals surface area contributed by atoms with E-state index in [1.807, 2.05) is 32.9 Å². The van der Waals surface area contributed by atoms with Crippen molar-refractivity contribution in [2.75, 3.05) is 11.6 Å². The van der Waals surface area contributed by atoms with Crippen LogP contribution in [0.5, 0.6) is 5.88 Å². The summed E-state index contributed by atoms with van der Waals surface area (Å²) in [6.45, 7) is 5.86. The number of nitrogens with one attached hydrogen (secondary N) is 1. The van der Waals surface area contributed by atoms with E-state index >= 15 is 0 Å². The Labute approximate surface area is 160 Å². The Bertz CT molecular complexity index is 885. The smallest absolute Gasteiger partial charge is 0.224 e. The van der Waals surface area contributed by atoms with E-state index in [1.54, 1.807) is 30.3 Å². The van der Waals surface area contributed by atoms with Crippen LogP contribution < -0.4 is 10.1 Å². The molecular formula is C20H26N2O4S. The average Bonchev–Trinajstić information content (AvgIpc) is 2.52. The highest BCUT2D eigenvalue weighted by Gasteiger charge is 2.13. The number of carbonyl (C=O) groups excluding carboxylic acids is 1. The zero-order chi connectivity index (χ0) is 20.1. The van der Waals surface area contributed by atoms with Gasteiger partial charge in [0.05, 0.1) is 5.75 Å². The zero-order valence-corrected chi connectivity index (χ0v) is 17.0. The van der Waals surface area contributed by atoms with Gasteiger partial charge < -0.3 is 10.1 Å². The van der Waals surface area contributed by atoms with Crippen molar-refractivity contribution in [3.63, 3.8) is 0 Å². The summed E-state index contributed by atoms with van der Waals surface area (Å²) in [6, 6.07) is 12.3. The van der Waals surface area contributed by atoms with Gasteiger partial charge in [-0.3, -0.25) is 4.79 Å². The van der Waals surface area contributed by atoms with Crippen LogP contribution >= 0.6 is 0 Å². The lowest BCUT2D eigenvalue weighted by Crippen LogP contribution is -2.23. The fourth-order valence-electron chi connectivity index (χ4n) is 2.42. The summed E-state index contributed by atoms with van der Waals surface area (Å²) in [6.07, 6.45) is 1.98. The molecule has 0 radical (unpaired) electrons. The molecule has 0 saturated carbocycles. The summed E-state index contributed by atoms with van der Waals surface area (Å²) in [5, 5.41) is 2.81. The van der Waals surface area contributed by atoms with Crippen LogP contribution in [0.3, 0.4) is 0 Å². The van der Waals surface area contributed by atoms with Crippen LogP contribution in [0.1, 0.15) is 38.4 Å². The zero-order valence-electron chi connectivity index (χ0n) is 16.2. The predicted octanol–water partition coefficient (Wildman–Crippen LogP) is 3.37. The topological polar surface area (TPSA) is 85.4 Å². The number of pyridine rings is 1. The van der Waals surface area contributed by atoms with E-state index in [9.17, 15) is 13.2 Å². The minimum atomic E-state index is -3.07. The molecule has 7 heteroatoms. The summed E-state index contributed by atoms with van der Waals surface area (Å²) in [5.41, 5.74) is 1.78. The van der Waals surface area contributed by atoms with E-state index in [-0.39, 0.29) is 23.7 Å². The summed E-state index contributed by atoms with van der Waals surface area (Å²) >= 11 is 0. The molecule has 0 saturated heterocycles. The third-order valence-electron chi connectivity index (χ3n) is 3.47. The molecule has 6 nitrogen and oxygen atoms in total. The quantitative estimate of drug-likeness (QED) is 0.783. The lowest BCUT2D eigenvalue weighted by molar-refractivity contribution is -0.116. The van der Waals surface area contributed by atoms with Gasteiger partial charge in [-0.1, -0.05) is 18.2 Å². The first-order chi connectivity index (χ1) is 12.5. The molecule has 2 aromatic rings. The van der Waals surface area contributed by atoms with Gasteiger partial charge in [-0.2, -0.15) is 0 Å². The number of rotatable bonds is 7. The molecule has 0 aliphatic carbocycles. The van der Waals surface area contributed by atoms with Gasteiger partial charge >= 0.3 is 0 Å². The van der Waals surface area contributed by atoms with Gasteiger partial charge in [0.25, 0.3) is 0 Å². The van der Waals surface area contributed by atoms with Crippen molar-refractivity contribution in [3.05, 3.63) is 53.7 Å². The second-order valence-corrected chi connectivity index (χ2v) is 9.64. The van der Waals surface area contributed by atoms with Crippen LogP contribution in [-0.4, -0.2) is 31.2 Å². The number of anilines is 1. The molecule has 1 aromatic heterocycles. The number of hydrogen-bond donors (Lipinski definition) is 1. The van der Waals surface area contributed by atoms with Crippen LogP contribution in [0, 0.1) is 0 Å². The third-order valence-corrected chi connectivity index (χ3v) is 4.32. The molecule has 1 heterocycles. The van der Waals surface area contributed by atoms with E-state index in [4.69, 9.17) is 4.74 Å². The minimum absolute atomic E-state index is 0.0140. The van der Waals surface area contributed by atoms with Crippen molar-refractivity contribution in [1.82, 2.24) is 4.98 Å². The van der Waals surface area contributed by atoms with E-state index in [1.165, 1.54) is 6.26 Å². The molecule has 0 atom stereocenters. The largest absolute Gasteiger partial charge is 0.472 e. The van der Waals surface area contributed by atoms with Crippen molar-refractivity contribution < 1.29 is 17.9 Å². The number of hydrogen-bond acceptors (Lipinski definition) is 5. The number of amides is 1. The fourth-order valence-corrected chi connectivity index (χ4v) is 3.22. The van der Waals surface area contributed by atoms with Crippen molar-refractivity contribution in [3.8, 4) is 5.88 Å². The summed E-state index contributed by atoms with van der Waals surface area (Å²) in [7, 11) is -3.07. The highest BCUT2D eigenvalue weighted by Crippen LogP contribution is 2.17. The number of benzene rings is 1. The van der Waals surface area contributed by atoms with Gasteiger partial charge in [0, 0.05) is 30.1 Å². The van der Waals surface area contributed by atoms with Crippen LogP contribution in [0.25, 0.3) is 0 Å². The van der Waals surface area contributed by atoms with Crippen molar-refractivity contribution in [1.29, 1.82) is 0 Å². The Hall–Kier alpha value is -2.41. The molecular weight excluding hydrogens is 364 g/mol. The van der Waals surface area contributed by atoms with E-state index in [0.29, 0.717) is 23.6 Å². The molecule has 0 spiro atoms. The Balaban J connectivity index is 1.88. The SMILES string of the molecule is CC(C)(C)Oc1cccc(CCC(=O)Nc2ccc(CS(C)(=O)=O)cc2)n1. The number of aromatic nitrogens is 1. The third kappa shape index (κ3) is 8.21. The molecule has 2 rings (SSSR count). The van der Waals surface area contributed by atoms with Crippen LogP contribution in [0.2, 0.25) is 0 Å². The second kappa shape index (κ2) is 8.52. The van der Waals surface area contributed by atoms with Crippen LogP contribution in [-0.2, 0) is 26.8 Å². The summed E-state index contributed by atoms with van der Waals surface area (Å²) in [5.74, 6) is 0.400. The minimum Gasteiger partial charge on any atom is -0.472 e. The molecule has 1 amide bonds. The fraction of sp³-hybridized carbons (Fsp3) is 0.400. The molecule has 1 N–H and O–H groups in total. The molecule has 0 aliphatic rings. The Morgan fingerprint density at radius 1 is 1.11 bits per heavy atom. The summed E-state index contributed by atoms with van der Waals surface area (Å²) in [4.78, 5) is 16.6. The highest BCUT2D eigenvalue weighted by atomic mass is 32.2. The number of ether oxygens (including phenoxy) is 1. The molecule has 27 heavy (non-hydrogen) atoms. The van der Waals surface area contributed by atoms with Gasteiger partial charge in [0.15, 0.2) is 9.84 Å². The van der Waals surface area contributed by atoms with Crippen molar-refractivity contribution >= 4 is 21.4 Å². The molecule has 0 aliphatic heterocycles. The monoisotopic (exact) mass is 390 g/mol. The first-order valence-electron chi connectivity index (χ1n) is 8.72. The maximum atomic E-state index is 12.1. The van der Waals surface area contributed by atoms with Gasteiger partial charge in [-0.25, -0.2) is 13.4 Å². The van der Waals surface area contributed by atoms with E-state index in [0.717, 1.165) is 5.69 Å². The van der Waals surface area contributed by atoms with Gasteiger partial charge in [-0.05, 0) is 51.0 Å². The van der Waals surface area contributed by atoms with Gasteiger partial charge in [-0.15, -0.1) is 0 Å². The molecule has 146 valence electrons. The van der Waals surface area contributed by atoms with Crippen molar-refractivity contribution in [2.24, 2.45) is 0 Å². The Kier molecular flexibility index (Phi) is 6.59. The summed E-state index contributed by atoms with van der Waals surface area (Å²) < 4.78 is 28.3. The average molecular weight is 391 g/mol. The lowest BCUT2D eigenvalue weighted by atomic mass is 10.2. The Morgan fingerprint density at radius 2 is 1.78 bits per heavy atom. The number of sulfone groups is 1. The normalized spacial score (nSPS) is 11.9. The van der Waals surface area contributed by atoms with Crippen LogP contribution in [0.15, 0.2) is 42.5 Å². The standard InChI is InChI=1S/C20H26N2O4S/c1-20(2,3)26-19-7-5-6-16(22-19)12-13-18(23)21-17-10-8-15(9-11-17)14-27(4,24)25/h5-11H,12-14H2,1-4H3,(H,21,23). The maximum absolute atomic E-state index is 12.1. The Morgan fingerprint density at radius 3 is 2.37 bits per heavy atom. The van der Waals surface area contributed by atoms with Crippen molar-refractivity contribution in [2.45, 2.75) is 45.0 Å². The highest BCUT2D eigenvalue weighted by molar-refractivity contribution is 7.89.